The molecular formula is C19H29NO2. The fourth-order valence-corrected chi connectivity index (χ4v) is 5.21. The van der Waals surface area contributed by atoms with Crippen LogP contribution in [0.25, 0.3) is 0 Å². The van der Waals surface area contributed by atoms with Crippen LogP contribution in [-0.2, 0) is 9.59 Å². The number of carbonyl (C=O) groups is 2. The number of Topliss-reactive ketones (excluding diaryl/α,β-unsaturated/α-hetero) is 1. The van der Waals surface area contributed by atoms with Crippen LogP contribution in [0.3, 0.4) is 0 Å². The lowest BCUT2D eigenvalue weighted by Crippen LogP contribution is -2.51. The standard InChI is InChI=1S/C19H29NO2/c1-13(21)11-16-7-5-6-10-20(16)17(22)19-9-8-15(12-19)18(3,4)14(19)2/h15-16H,2,5-12H2,1,3-4H3. The number of amides is 1. The fraction of sp³-hybridized carbons (Fsp3) is 0.789. The summed E-state index contributed by atoms with van der Waals surface area (Å²) in [5.41, 5.74) is 0.897. The highest BCUT2D eigenvalue weighted by atomic mass is 16.2. The maximum atomic E-state index is 13.4. The summed E-state index contributed by atoms with van der Waals surface area (Å²) in [6, 6.07) is 0.115. The Kier molecular flexibility index (Phi) is 3.73. The Labute approximate surface area is 134 Å². The molecule has 2 aliphatic carbocycles. The lowest BCUT2D eigenvalue weighted by Gasteiger charge is -2.43. The zero-order valence-corrected chi connectivity index (χ0v) is 14.3. The van der Waals surface area contributed by atoms with E-state index in [-0.39, 0.29) is 28.6 Å². The van der Waals surface area contributed by atoms with Gasteiger partial charge in [0.15, 0.2) is 0 Å². The van der Waals surface area contributed by atoms with E-state index in [0.29, 0.717) is 12.3 Å². The summed E-state index contributed by atoms with van der Waals surface area (Å²) in [5.74, 6) is 1.06. The van der Waals surface area contributed by atoms with Gasteiger partial charge in [-0.2, -0.15) is 0 Å². The average molecular weight is 303 g/mol. The van der Waals surface area contributed by atoms with Gasteiger partial charge in [-0.15, -0.1) is 0 Å². The van der Waals surface area contributed by atoms with Crippen molar-refractivity contribution in [3.05, 3.63) is 12.2 Å². The SMILES string of the molecule is C=C1C2(C(=O)N3CCCCC3CC(C)=O)CCC(C2)C1(C)C. The van der Waals surface area contributed by atoms with Gasteiger partial charge in [-0.25, -0.2) is 0 Å². The summed E-state index contributed by atoms with van der Waals surface area (Å²) in [7, 11) is 0. The van der Waals surface area contributed by atoms with Gasteiger partial charge in [-0.05, 0) is 56.8 Å². The molecule has 0 aromatic carbocycles. The molecule has 1 aliphatic heterocycles. The molecule has 3 atom stereocenters. The van der Waals surface area contributed by atoms with Gasteiger partial charge in [0.1, 0.15) is 5.78 Å². The summed E-state index contributed by atoms with van der Waals surface area (Å²) in [6.07, 6.45) is 6.76. The minimum absolute atomic E-state index is 0.0831. The van der Waals surface area contributed by atoms with Crippen LogP contribution in [0.4, 0.5) is 0 Å². The molecule has 3 aliphatic rings. The molecule has 0 aromatic heterocycles. The number of likely N-dealkylation sites (tertiary alicyclic amines) is 1. The lowest BCUT2D eigenvalue weighted by atomic mass is 9.67. The van der Waals surface area contributed by atoms with Crippen molar-refractivity contribution in [3.8, 4) is 0 Å². The van der Waals surface area contributed by atoms with Crippen LogP contribution in [0.2, 0.25) is 0 Å². The Hall–Kier alpha value is -1.12. The molecule has 122 valence electrons. The molecule has 0 radical (unpaired) electrons. The van der Waals surface area contributed by atoms with Crippen LogP contribution in [0.1, 0.15) is 65.7 Å². The first-order valence-electron chi connectivity index (χ1n) is 8.79. The number of carbonyl (C=O) groups excluding carboxylic acids is 2. The van der Waals surface area contributed by atoms with Crippen molar-refractivity contribution in [2.75, 3.05) is 6.54 Å². The van der Waals surface area contributed by atoms with Gasteiger partial charge < -0.3 is 4.90 Å². The number of rotatable bonds is 3. The topological polar surface area (TPSA) is 37.4 Å². The van der Waals surface area contributed by atoms with Crippen molar-refractivity contribution in [2.45, 2.75) is 71.8 Å². The molecule has 3 rings (SSSR count). The van der Waals surface area contributed by atoms with Crippen molar-refractivity contribution < 1.29 is 9.59 Å². The second kappa shape index (κ2) is 5.21. The number of fused-ring (bicyclic) bond motifs is 2. The molecule has 0 spiro atoms. The molecular weight excluding hydrogens is 274 g/mol. The van der Waals surface area contributed by atoms with E-state index in [0.717, 1.165) is 50.6 Å². The van der Waals surface area contributed by atoms with E-state index in [1.54, 1.807) is 6.92 Å². The maximum Gasteiger partial charge on any atom is 0.233 e. The Bertz CT molecular complexity index is 522. The summed E-state index contributed by atoms with van der Waals surface area (Å²) >= 11 is 0. The maximum absolute atomic E-state index is 13.4. The van der Waals surface area contributed by atoms with E-state index in [4.69, 9.17) is 0 Å². The number of nitrogens with zero attached hydrogens (tertiary/aromatic N) is 1. The first kappa shape index (κ1) is 15.8. The molecule has 0 aromatic rings. The van der Waals surface area contributed by atoms with E-state index < -0.39 is 0 Å². The second-order valence-electron chi connectivity index (χ2n) is 8.28. The van der Waals surface area contributed by atoms with E-state index in [2.05, 4.69) is 20.4 Å². The predicted molar refractivity (Wildman–Crippen MR) is 87.3 cm³/mol. The van der Waals surface area contributed by atoms with Gasteiger partial charge in [-0.1, -0.05) is 26.0 Å². The van der Waals surface area contributed by atoms with E-state index >= 15 is 0 Å². The van der Waals surface area contributed by atoms with E-state index in [1.807, 2.05) is 4.90 Å². The minimum atomic E-state index is -0.333. The summed E-state index contributed by atoms with van der Waals surface area (Å²) < 4.78 is 0. The number of piperidine rings is 1. The van der Waals surface area contributed by atoms with Gasteiger partial charge in [0.05, 0.1) is 5.41 Å². The molecule has 3 unspecified atom stereocenters. The quantitative estimate of drug-likeness (QED) is 0.745. The molecule has 1 heterocycles. The third-order valence-electron chi connectivity index (χ3n) is 6.71. The number of hydrogen-bond donors (Lipinski definition) is 0. The Morgan fingerprint density at radius 1 is 1.27 bits per heavy atom. The first-order valence-corrected chi connectivity index (χ1v) is 8.79. The fourth-order valence-electron chi connectivity index (χ4n) is 5.21. The van der Waals surface area contributed by atoms with Crippen molar-refractivity contribution in [1.29, 1.82) is 0 Å². The molecule has 1 saturated heterocycles. The molecule has 3 heteroatoms. The van der Waals surface area contributed by atoms with Crippen LogP contribution in [0.15, 0.2) is 12.2 Å². The summed E-state index contributed by atoms with van der Waals surface area (Å²) in [6.45, 7) is 11.3. The normalized spacial score (nSPS) is 36.7. The molecule has 3 nitrogen and oxygen atoms in total. The Morgan fingerprint density at radius 3 is 2.59 bits per heavy atom. The van der Waals surface area contributed by atoms with Gasteiger partial charge in [-0.3, -0.25) is 9.59 Å². The van der Waals surface area contributed by atoms with E-state index in [9.17, 15) is 9.59 Å². The third-order valence-corrected chi connectivity index (χ3v) is 6.71. The van der Waals surface area contributed by atoms with Gasteiger partial charge in [0.2, 0.25) is 5.91 Å². The summed E-state index contributed by atoms with van der Waals surface area (Å²) in [4.78, 5) is 27.0. The summed E-state index contributed by atoms with van der Waals surface area (Å²) in [5, 5.41) is 0. The third kappa shape index (κ3) is 2.16. The van der Waals surface area contributed by atoms with Crippen LogP contribution >= 0.6 is 0 Å². The van der Waals surface area contributed by atoms with Crippen LogP contribution in [-0.4, -0.2) is 29.2 Å². The molecule has 1 amide bonds. The highest BCUT2D eigenvalue weighted by Crippen LogP contribution is 2.66. The first-order chi connectivity index (χ1) is 10.3. The molecule has 22 heavy (non-hydrogen) atoms. The van der Waals surface area contributed by atoms with Crippen LogP contribution in [0.5, 0.6) is 0 Å². The van der Waals surface area contributed by atoms with Crippen LogP contribution < -0.4 is 0 Å². The van der Waals surface area contributed by atoms with Crippen molar-refractivity contribution in [1.82, 2.24) is 4.90 Å². The smallest absolute Gasteiger partial charge is 0.233 e. The van der Waals surface area contributed by atoms with Gasteiger partial charge in [0, 0.05) is 19.0 Å². The highest BCUT2D eigenvalue weighted by Gasteiger charge is 2.62. The molecule has 3 fully saturated rings. The molecule has 2 saturated carbocycles. The number of hydrogen-bond acceptors (Lipinski definition) is 2. The van der Waals surface area contributed by atoms with Crippen LogP contribution in [0, 0.1) is 16.7 Å². The monoisotopic (exact) mass is 303 g/mol. The van der Waals surface area contributed by atoms with Gasteiger partial charge >= 0.3 is 0 Å². The van der Waals surface area contributed by atoms with E-state index in [1.165, 1.54) is 0 Å². The van der Waals surface area contributed by atoms with Gasteiger partial charge in [0.25, 0.3) is 0 Å². The van der Waals surface area contributed by atoms with Crippen molar-refractivity contribution >= 4 is 11.7 Å². The zero-order chi connectivity index (χ0) is 16.1. The highest BCUT2D eigenvalue weighted by molar-refractivity contribution is 5.88. The minimum Gasteiger partial charge on any atom is -0.339 e. The van der Waals surface area contributed by atoms with Crippen molar-refractivity contribution in [3.63, 3.8) is 0 Å². The number of ketones is 1. The largest absolute Gasteiger partial charge is 0.339 e. The predicted octanol–water partition coefficient (Wildman–Crippen LogP) is 3.73. The zero-order valence-electron chi connectivity index (χ0n) is 14.3. The second-order valence-corrected chi connectivity index (χ2v) is 8.28. The Morgan fingerprint density at radius 2 is 2.00 bits per heavy atom. The average Bonchev–Trinajstić information content (AvgIpc) is 2.98. The Balaban J connectivity index is 1.86. The molecule has 0 N–H and O–H groups in total. The molecule has 2 bridgehead atoms. The van der Waals surface area contributed by atoms with Crippen molar-refractivity contribution in [2.24, 2.45) is 16.7 Å². The lowest BCUT2D eigenvalue weighted by molar-refractivity contribution is -0.144.